The molecule has 2 heterocycles. The molecular formula is C26H30Cl2N2O4S. The maximum absolute atomic E-state index is 13.8. The summed E-state index contributed by atoms with van der Waals surface area (Å²) in [5, 5.41) is 0.472. The molecule has 6 nitrogen and oxygen atoms in total. The number of ether oxygens (including phenoxy) is 1. The molecule has 3 atom stereocenters. The number of carbonyl (C=O) groups excluding carboxylic acids is 1. The molecule has 2 aromatic carbocycles. The highest BCUT2D eigenvalue weighted by Crippen LogP contribution is 2.38. The fourth-order valence-electron chi connectivity index (χ4n) is 5.02. The van der Waals surface area contributed by atoms with E-state index in [0.29, 0.717) is 45.6 Å². The van der Waals surface area contributed by atoms with Gasteiger partial charge < -0.3 is 9.64 Å². The quantitative estimate of drug-likeness (QED) is 0.328. The van der Waals surface area contributed by atoms with Crippen LogP contribution >= 0.6 is 23.2 Å². The summed E-state index contributed by atoms with van der Waals surface area (Å²) in [5.74, 6) is -0.349. The van der Waals surface area contributed by atoms with Gasteiger partial charge in [-0.05, 0) is 49.4 Å². The zero-order chi connectivity index (χ0) is 25.0. The fourth-order valence-corrected chi connectivity index (χ4v) is 7.62. The van der Waals surface area contributed by atoms with Crippen molar-refractivity contribution in [1.29, 1.82) is 0 Å². The zero-order valence-corrected chi connectivity index (χ0v) is 21.8. The Balaban J connectivity index is 1.51. The number of carbonyl (C=O) groups is 1. The molecule has 4 rings (SSSR count). The number of hydrogen-bond acceptors (Lipinski definition) is 4. The van der Waals surface area contributed by atoms with Crippen molar-refractivity contribution >= 4 is 39.1 Å². The Morgan fingerprint density at radius 3 is 2.49 bits per heavy atom. The average Bonchev–Trinajstić information content (AvgIpc) is 2.91. The van der Waals surface area contributed by atoms with Crippen molar-refractivity contribution in [2.24, 2.45) is 5.92 Å². The smallest absolute Gasteiger partial charge is 0.244 e. The van der Waals surface area contributed by atoms with Gasteiger partial charge >= 0.3 is 0 Å². The average molecular weight is 538 g/mol. The number of halogens is 2. The number of hydrogen-bond donors (Lipinski definition) is 0. The second kappa shape index (κ2) is 11.4. The lowest BCUT2D eigenvalue weighted by atomic mass is 9.90. The van der Waals surface area contributed by atoms with Crippen LogP contribution < -0.4 is 0 Å². The van der Waals surface area contributed by atoms with Gasteiger partial charge in [-0.25, -0.2) is 8.42 Å². The summed E-state index contributed by atoms with van der Waals surface area (Å²) in [5.41, 5.74) is 1.10. The molecule has 0 radical (unpaired) electrons. The Hall–Kier alpha value is -1.90. The van der Waals surface area contributed by atoms with E-state index in [4.69, 9.17) is 27.9 Å². The van der Waals surface area contributed by atoms with Gasteiger partial charge in [0.15, 0.2) is 0 Å². The van der Waals surface area contributed by atoms with Gasteiger partial charge in [0.1, 0.15) is 6.04 Å². The van der Waals surface area contributed by atoms with Gasteiger partial charge in [0.25, 0.3) is 0 Å². The number of benzene rings is 2. The normalized spacial score (nSPS) is 23.2. The van der Waals surface area contributed by atoms with Crippen LogP contribution in [0.2, 0.25) is 10.0 Å². The van der Waals surface area contributed by atoms with Gasteiger partial charge in [0.05, 0.1) is 11.5 Å². The number of nitrogens with zero attached hydrogens (tertiary/aromatic N) is 2. The molecule has 2 aliphatic heterocycles. The van der Waals surface area contributed by atoms with E-state index < -0.39 is 16.1 Å². The summed E-state index contributed by atoms with van der Waals surface area (Å²) in [4.78, 5) is 15.4. The van der Waals surface area contributed by atoms with Crippen LogP contribution in [0.1, 0.15) is 31.2 Å². The van der Waals surface area contributed by atoms with E-state index >= 15 is 0 Å². The van der Waals surface area contributed by atoms with Crippen LogP contribution in [0.5, 0.6) is 0 Å². The van der Waals surface area contributed by atoms with Crippen LogP contribution in [0.4, 0.5) is 0 Å². The second-order valence-electron chi connectivity index (χ2n) is 9.03. The lowest BCUT2D eigenvalue weighted by Crippen LogP contribution is -2.54. The highest BCUT2D eigenvalue weighted by Gasteiger charge is 2.49. The van der Waals surface area contributed by atoms with Gasteiger partial charge in [-0.15, -0.1) is 6.58 Å². The van der Waals surface area contributed by atoms with Crippen LogP contribution in [-0.2, 0) is 26.2 Å². The van der Waals surface area contributed by atoms with Crippen LogP contribution in [0.15, 0.2) is 66.1 Å². The van der Waals surface area contributed by atoms with Crippen molar-refractivity contribution in [2.45, 2.75) is 49.3 Å². The molecule has 0 spiro atoms. The van der Waals surface area contributed by atoms with E-state index in [1.807, 2.05) is 30.3 Å². The molecule has 35 heavy (non-hydrogen) atoms. The molecule has 1 unspecified atom stereocenters. The minimum atomic E-state index is -4.00. The third-order valence-electron chi connectivity index (χ3n) is 6.68. The molecular weight excluding hydrogens is 507 g/mol. The largest absolute Gasteiger partial charge is 0.377 e. The summed E-state index contributed by atoms with van der Waals surface area (Å²) in [6.45, 7) is 5.93. The minimum Gasteiger partial charge on any atom is -0.377 e. The van der Waals surface area contributed by atoms with Gasteiger partial charge in [0.2, 0.25) is 15.9 Å². The standard InChI is InChI=1S/C26H30Cl2N2O4S/c1-2-20-17-29(12-7-13-34-18-19-8-4-3-5-9-19)26(31)25-11-6-10-24(20)30(25)35(32,33)23-15-21(27)14-22(28)16-23/h2-5,8-9,14-16,20,24-25H,1,6-7,10-13,17-18H2/t20-,24-,25?/m0/s1. The summed E-state index contributed by atoms with van der Waals surface area (Å²) < 4.78 is 34.8. The van der Waals surface area contributed by atoms with Crippen LogP contribution in [-0.4, -0.2) is 55.3 Å². The zero-order valence-electron chi connectivity index (χ0n) is 19.5. The number of fused-ring (bicyclic) bond motifs is 2. The fraction of sp³-hybridized carbons (Fsp3) is 0.423. The predicted octanol–water partition coefficient (Wildman–Crippen LogP) is 5.16. The lowest BCUT2D eigenvalue weighted by molar-refractivity contribution is -0.135. The molecule has 188 valence electrons. The summed E-state index contributed by atoms with van der Waals surface area (Å²) in [6.07, 6.45) is 4.37. The SMILES string of the molecule is C=C[C@H]1CN(CCCOCc2ccccc2)C(=O)C2CCC[C@@H]1N2S(=O)(=O)c1cc(Cl)cc(Cl)c1. The number of amides is 1. The number of rotatable bonds is 9. The Morgan fingerprint density at radius 1 is 1.09 bits per heavy atom. The Kier molecular flexibility index (Phi) is 8.55. The Bertz CT molecular complexity index is 1140. The van der Waals surface area contributed by atoms with Crippen molar-refractivity contribution in [3.8, 4) is 0 Å². The van der Waals surface area contributed by atoms with Crippen molar-refractivity contribution < 1.29 is 17.9 Å². The first-order valence-corrected chi connectivity index (χ1v) is 14.0. The van der Waals surface area contributed by atoms with Gasteiger partial charge in [-0.2, -0.15) is 4.31 Å². The molecule has 2 aromatic rings. The van der Waals surface area contributed by atoms with E-state index in [0.717, 1.165) is 12.0 Å². The van der Waals surface area contributed by atoms with Gasteiger partial charge in [0, 0.05) is 41.7 Å². The summed E-state index contributed by atoms with van der Waals surface area (Å²) in [7, 11) is -4.00. The van der Waals surface area contributed by atoms with Crippen LogP contribution in [0.3, 0.4) is 0 Å². The van der Waals surface area contributed by atoms with Crippen LogP contribution in [0, 0.1) is 5.92 Å². The molecule has 1 amide bonds. The highest BCUT2D eigenvalue weighted by atomic mass is 35.5. The topological polar surface area (TPSA) is 66.9 Å². The third kappa shape index (κ3) is 5.92. The highest BCUT2D eigenvalue weighted by molar-refractivity contribution is 7.89. The first-order valence-electron chi connectivity index (χ1n) is 11.8. The van der Waals surface area contributed by atoms with Crippen molar-refractivity contribution in [2.75, 3.05) is 19.7 Å². The summed E-state index contributed by atoms with van der Waals surface area (Å²) in [6, 6.07) is 13.1. The molecule has 0 aliphatic carbocycles. The Morgan fingerprint density at radius 2 is 1.80 bits per heavy atom. The molecule has 2 bridgehead atoms. The van der Waals surface area contributed by atoms with E-state index in [2.05, 4.69) is 6.58 Å². The predicted molar refractivity (Wildman–Crippen MR) is 138 cm³/mol. The first kappa shape index (κ1) is 26.2. The van der Waals surface area contributed by atoms with Crippen molar-refractivity contribution in [1.82, 2.24) is 9.21 Å². The lowest BCUT2D eigenvalue weighted by Gasteiger charge is -2.40. The van der Waals surface area contributed by atoms with Gasteiger partial charge in [-0.3, -0.25) is 4.79 Å². The molecule has 0 N–H and O–H groups in total. The molecule has 0 aromatic heterocycles. The molecule has 0 saturated carbocycles. The molecule has 2 saturated heterocycles. The summed E-state index contributed by atoms with van der Waals surface area (Å²) >= 11 is 12.2. The molecule has 2 fully saturated rings. The molecule has 2 aliphatic rings. The monoisotopic (exact) mass is 536 g/mol. The third-order valence-corrected chi connectivity index (χ3v) is 9.02. The van der Waals surface area contributed by atoms with Crippen molar-refractivity contribution in [3.63, 3.8) is 0 Å². The second-order valence-corrected chi connectivity index (χ2v) is 11.7. The first-order chi connectivity index (χ1) is 16.8. The maximum Gasteiger partial charge on any atom is 0.244 e. The minimum absolute atomic E-state index is 0.00488. The van der Waals surface area contributed by atoms with Gasteiger partial charge in [-0.1, -0.05) is 59.6 Å². The van der Waals surface area contributed by atoms with Crippen molar-refractivity contribution in [3.05, 3.63) is 76.8 Å². The van der Waals surface area contributed by atoms with E-state index in [1.165, 1.54) is 22.5 Å². The number of piperidine rings is 1. The van der Waals surface area contributed by atoms with Crippen LogP contribution in [0.25, 0.3) is 0 Å². The maximum atomic E-state index is 13.8. The Labute approximate surface area is 217 Å². The molecule has 9 heteroatoms. The van der Waals surface area contributed by atoms with E-state index in [9.17, 15) is 13.2 Å². The van der Waals surface area contributed by atoms with E-state index in [-0.39, 0.29) is 32.8 Å². The van der Waals surface area contributed by atoms with E-state index in [1.54, 1.807) is 11.0 Å². The number of sulfonamides is 1.